The molecule has 0 saturated carbocycles. The van der Waals surface area contributed by atoms with E-state index >= 15 is 0 Å². The predicted molar refractivity (Wildman–Crippen MR) is 72.8 cm³/mol. The molecule has 5 nitrogen and oxygen atoms in total. The van der Waals surface area contributed by atoms with Crippen molar-refractivity contribution in [3.8, 4) is 0 Å². The Hall–Kier alpha value is -0.940. The molecule has 110 valence electrons. The summed E-state index contributed by atoms with van der Waals surface area (Å²) in [6.45, 7) is 12.5. The second-order valence-corrected chi connectivity index (χ2v) is 5.62. The molecule has 0 aliphatic heterocycles. The molecule has 0 fully saturated rings. The fraction of sp³-hybridized carbons (Fsp3) is 0.857. The molecule has 19 heavy (non-hydrogen) atoms. The van der Waals surface area contributed by atoms with Gasteiger partial charge in [0.2, 0.25) is 11.7 Å². The Morgan fingerprint density at radius 2 is 1.79 bits per heavy atom. The molecule has 1 aromatic rings. The Morgan fingerprint density at radius 1 is 1.16 bits per heavy atom. The van der Waals surface area contributed by atoms with Crippen LogP contribution in [-0.4, -0.2) is 28.0 Å². The van der Waals surface area contributed by atoms with Crippen LogP contribution in [0, 0.1) is 11.8 Å². The van der Waals surface area contributed by atoms with Crippen LogP contribution in [0.1, 0.15) is 65.3 Å². The number of nitrogens with zero attached hydrogens (tertiary/aromatic N) is 2. The summed E-state index contributed by atoms with van der Waals surface area (Å²) in [6, 6.07) is 0. The highest BCUT2D eigenvalue weighted by Crippen LogP contribution is 2.29. The monoisotopic (exact) mass is 270 g/mol. The van der Waals surface area contributed by atoms with E-state index in [2.05, 4.69) is 24.0 Å². The van der Waals surface area contributed by atoms with Gasteiger partial charge in [-0.1, -0.05) is 32.9 Å². The van der Waals surface area contributed by atoms with Gasteiger partial charge in [-0.2, -0.15) is 4.98 Å². The van der Waals surface area contributed by atoms with E-state index in [1.165, 1.54) is 0 Å². The van der Waals surface area contributed by atoms with Crippen LogP contribution < -0.4 is 0 Å². The summed E-state index contributed by atoms with van der Waals surface area (Å²) in [6.07, 6.45) is -0.679. The Balaban J connectivity index is 2.96. The first-order chi connectivity index (χ1) is 8.88. The van der Waals surface area contributed by atoms with Gasteiger partial charge in [0.1, 0.15) is 6.10 Å². The first-order valence-electron chi connectivity index (χ1n) is 7.01. The highest BCUT2D eigenvalue weighted by Gasteiger charge is 2.29. The van der Waals surface area contributed by atoms with Gasteiger partial charge in [-0.05, 0) is 25.7 Å². The molecule has 1 heterocycles. The third-order valence-electron chi connectivity index (χ3n) is 3.19. The molecule has 1 N–H and O–H groups in total. The van der Waals surface area contributed by atoms with Crippen LogP contribution in [-0.2, 0) is 4.74 Å². The van der Waals surface area contributed by atoms with Crippen molar-refractivity contribution in [2.24, 2.45) is 11.8 Å². The van der Waals surface area contributed by atoms with Gasteiger partial charge in [0, 0.05) is 6.61 Å². The summed E-state index contributed by atoms with van der Waals surface area (Å²) in [5.74, 6) is 1.42. The standard InChI is InChI=1S/C14H26N2O3/c1-7-18-12(9(4)5)13-15-14(19-16-13)11(8(2)3)10(6)17/h8-12,17H,7H2,1-6H3. The molecule has 5 heteroatoms. The second-order valence-electron chi connectivity index (χ2n) is 5.62. The van der Waals surface area contributed by atoms with E-state index in [-0.39, 0.29) is 23.9 Å². The Morgan fingerprint density at radius 3 is 2.21 bits per heavy atom. The molecule has 0 amide bonds. The van der Waals surface area contributed by atoms with Crippen LogP contribution in [0.25, 0.3) is 0 Å². The molecular formula is C14H26N2O3. The van der Waals surface area contributed by atoms with Gasteiger partial charge < -0.3 is 14.4 Å². The van der Waals surface area contributed by atoms with Gasteiger partial charge in [0.05, 0.1) is 12.0 Å². The molecule has 0 spiro atoms. The molecule has 0 aliphatic carbocycles. The topological polar surface area (TPSA) is 68.4 Å². The summed E-state index contributed by atoms with van der Waals surface area (Å²) >= 11 is 0. The average Bonchev–Trinajstić information content (AvgIpc) is 2.73. The molecule has 0 aliphatic rings. The summed E-state index contributed by atoms with van der Waals surface area (Å²) in [7, 11) is 0. The van der Waals surface area contributed by atoms with Gasteiger partial charge >= 0.3 is 0 Å². The Bertz CT molecular complexity index is 367. The van der Waals surface area contributed by atoms with Gasteiger partial charge in [-0.15, -0.1) is 0 Å². The molecule has 0 aromatic carbocycles. The number of aliphatic hydroxyl groups excluding tert-OH is 1. The van der Waals surface area contributed by atoms with Crippen LogP contribution in [0.15, 0.2) is 4.52 Å². The molecular weight excluding hydrogens is 244 g/mol. The number of hydrogen-bond acceptors (Lipinski definition) is 5. The normalized spacial score (nSPS) is 16.9. The molecule has 1 aromatic heterocycles. The summed E-state index contributed by atoms with van der Waals surface area (Å²) in [5.41, 5.74) is 0. The van der Waals surface area contributed by atoms with E-state index in [9.17, 15) is 5.11 Å². The van der Waals surface area contributed by atoms with Crippen LogP contribution in [0.5, 0.6) is 0 Å². The largest absolute Gasteiger partial charge is 0.393 e. The van der Waals surface area contributed by atoms with Crippen molar-refractivity contribution in [2.45, 2.75) is 59.7 Å². The molecule has 3 atom stereocenters. The van der Waals surface area contributed by atoms with Crippen LogP contribution in [0.4, 0.5) is 0 Å². The van der Waals surface area contributed by atoms with Crippen molar-refractivity contribution in [1.29, 1.82) is 0 Å². The smallest absolute Gasteiger partial charge is 0.232 e. The van der Waals surface area contributed by atoms with Crippen molar-refractivity contribution in [3.05, 3.63) is 11.7 Å². The Labute approximate surface area is 115 Å². The minimum Gasteiger partial charge on any atom is -0.393 e. The Kier molecular flexibility index (Phi) is 5.94. The zero-order chi connectivity index (χ0) is 14.6. The van der Waals surface area contributed by atoms with Gasteiger partial charge in [-0.3, -0.25) is 0 Å². The van der Waals surface area contributed by atoms with Crippen LogP contribution in [0.3, 0.4) is 0 Å². The number of hydrogen-bond donors (Lipinski definition) is 1. The lowest BCUT2D eigenvalue weighted by Gasteiger charge is -2.19. The van der Waals surface area contributed by atoms with E-state index in [0.717, 1.165) is 0 Å². The third kappa shape index (κ3) is 4.01. The van der Waals surface area contributed by atoms with Crippen LogP contribution >= 0.6 is 0 Å². The lowest BCUT2D eigenvalue weighted by atomic mass is 9.91. The SMILES string of the molecule is CCOC(c1noc(C(C(C)C)C(C)O)n1)C(C)C. The van der Waals surface area contributed by atoms with E-state index in [0.29, 0.717) is 18.3 Å². The summed E-state index contributed by atoms with van der Waals surface area (Å²) in [5, 5.41) is 13.9. The van der Waals surface area contributed by atoms with Gasteiger partial charge in [0.25, 0.3) is 0 Å². The number of rotatable bonds is 7. The predicted octanol–water partition coefficient (Wildman–Crippen LogP) is 2.92. The quantitative estimate of drug-likeness (QED) is 0.825. The summed E-state index contributed by atoms with van der Waals surface area (Å²) in [4.78, 5) is 4.43. The first-order valence-corrected chi connectivity index (χ1v) is 7.01. The first kappa shape index (κ1) is 16.1. The maximum absolute atomic E-state index is 9.84. The number of aromatic nitrogens is 2. The van der Waals surface area contributed by atoms with Crippen molar-refractivity contribution >= 4 is 0 Å². The van der Waals surface area contributed by atoms with Gasteiger partial charge in [-0.25, -0.2) is 0 Å². The summed E-state index contributed by atoms with van der Waals surface area (Å²) < 4.78 is 11.0. The zero-order valence-corrected chi connectivity index (χ0v) is 12.8. The highest BCUT2D eigenvalue weighted by molar-refractivity contribution is 5.00. The fourth-order valence-electron chi connectivity index (χ4n) is 2.29. The average molecular weight is 270 g/mol. The van der Waals surface area contributed by atoms with Crippen molar-refractivity contribution < 1.29 is 14.4 Å². The third-order valence-corrected chi connectivity index (χ3v) is 3.19. The molecule has 0 saturated heterocycles. The minimum atomic E-state index is -0.516. The molecule has 0 bridgehead atoms. The molecule has 0 radical (unpaired) electrons. The number of aliphatic hydroxyl groups is 1. The second kappa shape index (κ2) is 7.01. The van der Waals surface area contributed by atoms with E-state index in [1.807, 2.05) is 20.8 Å². The van der Waals surface area contributed by atoms with Crippen LogP contribution in [0.2, 0.25) is 0 Å². The zero-order valence-electron chi connectivity index (χ0n) is 12.8. The van der Waals surface area contributed by atoms with Crippen molar-refractivity contribution in [2.75, 3.05) is 6.61 Å². The van der Waals surface area contributed by atoms with E-state index < -0.39 is 6.10 Å². The van der Waals surface area contributed by atoms with E-state index in [4.69, 9.17) is 9.26 Å². The molecule has 3 unspecified atom stereocenters. The maximum Gasteiger partial charge on any atom is 0.232 e. The molecule has 1 rings (SSSR count). The lowest BCUT2D eigenvalue weighted by molar-refractivity contribution is 0.0217. The lowest BCUT2D eigenvalue weighted by Crippen LogP contribution is -2.20. The van der Waals surface area contributed by atoms with Gasteiger partial charge in [0.15, 0.2) is 0 Å². The van der Waals surface area contributed by atoms with E-state index in [1.54, 1.807) is 6.92 Å². The highest BCUT2D eigenvalue weighted by atomic mass is 16.5. The maximum atomic E-state index is 9.84. The van der Waals surface area contributed by atoms with Crippen molar-refractivity contribution in [3.63, 3.8) is 0 Å². The fourth-order valence-corrected chi connectivity index (χ4v) is 2.29. The number of ether oxygens (including phenoxy) is 1. The minimum absolute atomic E-state index is 0.143. The van der Waals surface area contributed by atoms with Crippen molar-refractivity contribution in [1.82, 2.24) is 10.1 Å².